The Morgan fingerprint density at radius 2 is 2.26 bits per heavy atom. The van der Waals surface area contributed by atoms with Crippen molar-refractivity contribution in [2.45, 2.75) is 44.3 Å². The van der Waals surface area contributed by atoms with Crippen LogP contribution in [0.25, 0.3) is 0 Å². The normalized spacial score (nSPS) is 30.3. The Hall–Kier alpha value is -1.29. The summed E-state index contributed by atoms with van der Waals surface area (Å²) in [6.45, 7) is 1.88. The van der Waals surface area contributed by atoms with Gasteiger partial charge in [-0.15, -0.1) is 0 Å². The van der Waals surface area contributed by atoms with Gasteiger partial charge in [0.25, 0.3) is 0 Å². The monoisotopic (exact) mass is 349 g/mol. The van der Waals surface area contributed by atoms with Crippen LogP contribution in [0.5, 0.6) is 0 Å². The fourth-order valence-electron chi connectivity index (χ4n) is 2.41. The maximum Gasteiger partial charge on any atom is 0.472 e. The number of anilines is 1. The predicted molar refractivity (Wildman–Crippen MR) is 79.4 cm³/mol. The Morgan fingerprint density at radius 3 is 2.83 bits per heavy atom. The summed E-state index contributed by atoms with van der Waals surface area (Å²) in [6, 6.07) is 1.38. The van der Waals surface area contributed by atoms with Crippen molar-refractivity contribution in [3.8, 4) is 0 Å². The first-order valence-corrected chi connectivity index (χ1v) is 8.53. The third-order valence-corrected chi connectivity index (χ3v) is 4.47. The van der Waals surface area contributed by atoms with Gasteiger partial charge in [0.1, 0.15) is 18.0 Å². The highest BCUT2D eigenvalue weighted by Crippen LogP contribution is 2.48. The number of aromatic nitrogens is 2. The summed E-state index contributed by atoms with van der Waals surface area (Å²) in [5, 5.41) is 10.4. The first kappa shape index (κ1) is 18.1. The van der Waals surface area contributed by atoms with Crippen LogP contribution in [0.1, 0.15) is 26.0 Å². The van der Waals surface area contributed by atoms with Gasteiger partial charge in [0.05, 0.1) is 6.10 Å². The van der Waals surface area contributed by atoms with E-state index in [0.717, 1.165) is 11.7 Å². The second-order valence-electron chi connectivity index (χ2n) is 5.11. The largest absolute Gasteiger partial charge is 0.472 e. The molecule has 0 aromatic carbocycles. The molecule has 1 aliphatic rings. The van der Waals surface area contributed by atoms with Gasteiger partial charge >= 0.3 is 13.5 Å². The molecule has 11 heteroatoms. The van der Waals surface area contributed by atoms with Crippen molar-refractivity contribution >= 4 is 13.6 Å². The molecule has 0 spiro atoms. The summed E-state index contributed by atoms with van der Waals surface area (Å²) in [7, 11) is -3.30. The first-order valence-electron chi connectivity index (χ1n) is 7.04. The molecule has 23 heavy (non-hydrogen) atoms. The van der Waals surface area contributed by atoms with E-state index < -0.39 is 38.1 Å². The third kappa shape index (κ3) is 3.97. The summed E-state index contributed by atoms with van der Waals surface area (Å²) >= 11 is 0. The Kier molecular flexibility index (Phi) is 5.56. The fourth-order valence-corrected chi connectivity index (χ4v) is 3.07. The zero-order chi connectivity index (χ0) is 17.2. The number of nitrogens with two attached hydrogens (primary N) is 1. The van der Waals surface area contributed by atoms with Gasteiger partial charge in [0.2, 0.25) is 0 Å². The number of hydrogen-bond acceptors (Lipinski definition) is 8. The fraction of sp³-hybridized carbons (Fsp3) is 0.667. The van der Waals surface area contributed by atoms with Crippen LogP contribution in [0.4, 0.5) is 5.82 Å². The molecule has 2 heterocycles. The van der Waals surface area contributed by atoms with E-state index in [9.17, 15) is 19.4 Å². The van der Waals surface area contributed by atoms with E-state index >= 15 is 0 Å². The van der Waals surface area contributed by atoms with Gasteiger partial charge in [-0.2, -0.15) is 4.98 Å². The average molecular weight is 349 g/mol. The lowest BCUT2D eigenvalue weighted by molar-refractivity contribution is -0.0417. The van der Waals surface area contributed by atoms with Crippen LogP contribution < -0.4 is 11.4 Å². The van der Waals surface area contributed by atoms with E-state index in [2.05, 4.69) is 9.51 Å². The number of nitrogens with zero attached hydrogens (tertiary/aromatic N) is 2. The number of aliphatic hydroxyl groups excluding tert-OH is 1. The van der Waals surface area contributed by atoms with Crippen molar-refractivity contribution in [1.29, 1.82) is 0 Å². The molecule has 1 aromatic rings. The van der Waals surface area contributed by atoms with E-state index in [1.165, 1.54) is 12.3 Å². The Bertz CT molecular complexity index is 652. The van der Waals surface area contributed by atoms with Crippen molar-refractivity contribution < 1.29 is 28.3 Å². The lowest BCUT2D eigenvalue weighted by Crippen LogP contribution is -2.36. The maximum atomic E-state index is 11.9. The van der Waals surface area contributed by atoms with Gasteiger partial charge in [-0.25, -0.2) is 9.36 Å². The van der Waals surface area contributed by atoms with Crippen LogP contribution >= 0.6 is 7.82 Å². The van der Waals surface area contributed by atoms with Gasteiger partial charge in [-0.1, -0.05) is 13.3 Å². The molecule has 1 aliphatic heterocycles. The molecule has 2 rings (SSSR count). The predicted octanol–water partition coefficient (Wildman–Crippen LogP) is 0.0159. The topological polar surface area (TPSA) is 146 Å². The van der Waals surface area contributed by atoms with Crippen LogP contribution in [0.3, 0.4) is 0 Å². The van der Waals surface area contributed by atoms with Crippen molar-refractivity contribution in [2.75, 3.05) is 12.8 Å². The van der Waals surface area contributed by atoms with Crippen LogP contribution in [-0.2, 0) is 18.3 Å². The minimum absolute atomic E-state index is 0.0379. The van der Waals surface area contributed by atoms with Crippen molar-refractivity contribution in [3.63, 3.8) is 0 Å². The lowest BCUT2D eigenvalue weighted by Gasteiger charge is -2.22. The number of rotatable bonds is 6. The molecule has 5 atom stereocenters. The molecular formula is C12H20N3O7P. The SMILES string of the molecule is CCC[C@H]1O[C@@H](n2ccc(N)nc2=O)[C@@H](O)C1OP(=O)(O)OC. The first-order chi connectivity index (χ1) is 10.8. The Morgan fingerprint density at radius 1 is 1.57 bits per heavy atom. The molecular weight excluding hydrogens is 329 g/mol. The molecule has 0 radical (unpaired) electrons. The molecule has 0 bridgehead atoms. The lowest BCUT2D eigenvalue weighted by atomic mass is 10.1. The molecule has 10 nitrogen and oxygen atoms in total. The second kappa shape index (κ2) is 7.08. The smallest absolute Gasteiger partial charge is 0.386 e. The van der Waals surface area contributed by atoms with Gasteiger partial charge < -0.3 is 20.5 Å². The van der Waals surface area contributed by atoms with Gasteiger partial charge in [0, 0.05) is 13.3 Å². The molecule has 0 aliphatic carbocycles. The number of phosphoric ester groups is 1. The highest BCUT2D eigenvalue weighted by Gasteiger charge is 2.48. The molecule has 1 aromatic heterocycles. The molecule has 0 amide bonds. The maximum absolute atomic E-state index is 11.9. The van der Waals surface area contributed by atoms with Crippen LogP contribution in [0, 0.1) is 0 Å². The van der Waals surface area contributed by atoms with Crippen molar-refractivity contribution in [3.05, 3.63) is 22.7 Å². The van der Waals surface area contributed by atoms with E-state index in [1.807, 2.05) is 6.92 Å². The van der Waals surface area contributed by atoms with E-state index in [0.29, 0.717) is 12.8 Å². The summed E-state index contributed by atoms with van der Waals surface area (Å²) in [4.78, 5) is 24.9. The second-order valence-corrected chi connectivity index (χ2v) is 6.62. The molecule has 1 saturated heterocycles. The van der Waals surface area contributed by atoms with Gasteiger partial charge in [-0.3, -0.25) is 13.6 Å². The number of aliphatic hydroxyl groups is 1. The number of nitrogen functional groups attached to an aromatic ring is 1. The van der Waals surface area contributed by atoms with Gasteiger partial charge in [0.15, 0.2) is 6.23 Å². The average Bonchev–Trinajstić information content (AvgIpc) is 2.77. The summed E-state index contributed by atoms with van der Waals surface area (Å²) < 4.78 is 27.7. The van der Waals surface area contributed by atoms with Crippen LogP contribution in [-0.4, -0.2) is 45.0 Å². The molecule has 4 N–H and O–H groups in total. The van der Waals surface area contributed by atoms with Crippen LogP contribution in [0.2, 0.25) is 0 Å². The summed E-state index contributed by atoms with van der Waals surface area (Å²) in [6.07, 6.45) is -1.79. The van der Waals surface area contributed by atoms with E-state index in [1.54, 1.807) is 0 Å². The number of hydrogen-bond donors (Lipinski definition) is 3. The van der Waals surface area contributed by atoms with Crippen molar-refractivity contribution in [1.82, 2.24) is 9.55 Å². The van der Waals surface area contributed by atoms with Crippen molar-refractivity contribution in [2.24, 2.45) is 0 Å². The zero-order valence-electron chi connectivity index (χ0n) is 12.7. The zero-order valence-corrected chi connectivity index (χ0v) is 13.6. The Balaban J connectivity index is 2.30. The molecule has 0 saturated carbocycles. The standard InChI is InChI=1S/C12H20N3O7P/c1-3-4-7-10(22-23(18,19)20-2)9(16)11(21-7)15-6-5-8(13)14-12(15)17/h5-7,9-11,16H,3-4H2,1-2H3,(H,18,19)(H2,13,14,17)/t7-,9+,10?,11-/m1/s1. The number of phosphoric acid groups is 1. The third-order valence-electron chi connectivity index (χ3n) is 3.49. The number of ether oxygens (including phenoxy) is 1. The minimum Gasteiger partial charge on any atom is -0.386 e. The van der Waals surface area contributed by atoms with Crippen LogP contribution in [0.15, 0.2) is 17.1 Å². The molecule has 130 valence electrons. The highest BCUT2D eigenvalue weighted by atomic mass is 31.2. The molecule has 2 unspecified atom stereocenters. The molecule has 1 fully saturated rings. The summed E-state index contributed by atoms with van der Waals surface area (Å²) in [5.41, 5.74) is 4.72. The quantitative estimate of drug-likeness (QED) is 0.605. The van der Waals surface area contributed by atoms with Gasteiger partial charge in [-0.05, 0) is 12.5 Å². The highest BCUT2D eigenvalue weighted by molar-refractivity contribution is 7.47. The Labute approximate surface area is 132 Å². The summed E-state index contributed by atoms with van der Waals surface area (Å²) in [5.74, 6) is 0.0379. The van der Waals surface area contributed by atoms with E-state index in [4.69, 9.17) is 15.0 Å². The minimum atomic E-state index is -4.32. The van der Waals surface area contributed by atoms with E-state index in [-0.39, 0.29) is 5.82 Å².